The van der Waals surface area contributed by atoms with Crippen LogP contribution in [0.1, 0.15) is 0 Å². The molecule has 48 valence electrons. The molecule has 1 aromatic heterocycles. The Kier molecular flexibility index (Phi) is 7.31. The molecule has 0 amide bonds. The molecule has 0 aromatic carbocycles. The summed E-state index contributed by atoms with van der Waals surface area (Å²) in [5.41, 5.74) is 0. The van der Waals surface area contributed by atoms with Crippen molar-refractivity contribution in [2.75, 3.05) is 4.93 Å². The van der Waals surface area contributed by atoms with Crippen LogP contribution in [0.15, 0.2) is 24.5 Å². The van der Waals surface area contributed by atoms with Gasteiger partial charge in [0.25, 0.3) is 0 Å². The number of rotatable bonds is 0. The summed E-state index contributed by atoms with van der Waals surface area (Å²) >= 11 is 3.32. The zero-order chi connectivity index (χ0) is 7.11. The maximum absolute atomic E-state index is 3.92. The van der Waals surface area contributed by atoms with Crippen LogP contribution in [0.2, 0.25) is 0 Å². The van der Waals surface area contributed by atoms with Crippen LogP contribution >= 0.6 is 22.6 Å². The first-order chi connectivity index (χ1) is 4.39. The Hall–Kier alpha value is 0.679. The van der Waals surface area contributed by atoms with E-state index >= 15 is 0 Å². The first-order valence-electron chi connectivity index (χ1n) is 2.43. The van der Waals surface area contributed by atoms with Gasteiger partial charge >= 0.3 is 55.6 Å². The first-order valence-corrected chi connectivity index (χ1v) is 6.23. The molecule has 0 N–H and O–H groups in total. The van der Waals surface area contributed by atoms with E-state index in [-0.39, 0.29) is 0 Å². The van der Waals surface area contributed by atoms with E-state index in [9.17, 15) is 0 Å². The topological polar surface area (TPSA) is 12.9 Å². The van der Waals surface area contributed by atoms with E-state index in [1.807, 2.05) is 17.2 Å². The fraction of sp³-hybridized carbons (Fsp3) is 0.167. The summed E-state index contributed by atoms with van der Waals surface area (Å²) in [5, 5.41) is 0. The van der Waals surface area contributed by atoms with Crippen LogP contribution in [0.4, 0.5) is 0 Å². The molecule has 0 bridgehead atoms. The minimum atomic E-state index is 1.17. The van der Waals surface area contributed by atoms with Crippen molar-refractivity contribution >= 4 is 48.7 Å². The second-order valence-corrected chi connectivity index (χ2v) is 3.19. The van der Waals surface area contributed by atoms with Gasteiger partial charge in [-0.15, -0.1) is 0 Å². The molecular weight excluding hydrogens is 332 g/mol. The molecule has 0 aliphatic heterocycles. The number of nitrogens with zero attached hydrogens (tertiary/aromatic N) is 1. The van der Waals surface area contributed by atoms with Gasteiger partial charge in [0.05, 0.1) is 0 Å². The minimum absolute atomic E-state index is 1.17. The van der Waals surface area contributed by atoms with Gasteiger partial charge in [-0.2, -0.15) is 0 Å². The van der Waals surface area contributed by atoms with Crippen LogP contribution in [-0.2, 0) is 0 Å². The summed E-state index contributed by atoms with van der Waals surface area (Å²) in [5.74, 6) is 0. The van der Waals surface area contributed by atoms with E-state index in [2.05, 4.69) is 33.6 Å². The molecule has 0 aliphatic rings. The number of halogens is 1. The number of pyridine rings is 1. The Bertz CT molecular complexity index is 143. The fourth-order valence-electron chi connectivity index (χ4n) is 0.376. The van der Waals surface area contributed by atoms with Crippen molar-refractivity contribution in [2.45, 2.75) is 0 Å². The van der Waals surface area contributed by atoms with Crippen LogP contribution in [0.3, 0.4) is 0 Å². The molecule has 0 fully saturated rings. The Balaban J connectivity index is 0.000000291. The zero-order valence-corrected chi connectivity index (χ0v) is 10.7. The van der Waals surface area contributed by atoms with E-state index < -0.39 is 0 Å². The van der Waals surface area contributed by atoms with Gasteiger partial charge in [-0.1, -0.05) is 22.6 Å². The van der Waals surface area contributed by atoms with E-state index in [0.29, 0.717) is 0 Å². The van der Waals surface area contributed by atoms with Crippen LogP contribution in [0, 0.1) is 0 Å². The zero-order valence-electron chi connectivity index (χ0n) is 5.21. The average molecular weight is 340 g/mol. The quantitative estimate of drug-likeness (QED) is 0.384. The number of hydrogen-bond acceptors (Lipinski definition) is 1. The third kappa shape index (κ3) is 5.14. The van der Waals surface area contributed by atoms with Crippen LogP contribution in [0.25, 0.3) is 0 Å². The van der Waals surface area contributed by atoms with Crippen molar-refractivity contribution in [2.24, 2.45) is 0 Å². The first kappa shape index (κ1) is 9.68. The fourth-order valence-corrected chi connectivity index (χ4v) is 0.939. The van der Waals surface area contributed by atoms with E-state index in [4.69, 9.17) is 0 Å². The molecule has 0 atom stereocenters. The summed E-state index contributed by atoms with van der Waals surface area (Å²) < 4.78 is 1.34. The Morgan fingerprint density at radius 2 is 2.22 bits per heavy atom. The summed E-state index contributed by atoms with van der Waals surface area (Å²) in [6.07, 6.45) is 3.68. The Labute approximate surface area is 82.5 Å². The molecule has 0 unspecified atom stereocenters. The molecule has 3 heteroatoms. The van der Waals surface area contributed by atoms with Crippen LogP contribution < -0.4 is 3.58 Å². The van der Waals surface area contributed by atoms with Crippen molar-refractivity contribution in [3.05, 3.63) is 24.5 Å². The van der Waals surface area contributed by atoms with Gasteiger partial charge in [0, 0.05) is 0 Å². The summed E-state index contributed by atoms with van der Waals surface area (Å²) in [6, 6.07) is 4.04. The average Bonchev–Trinajstić information content (AvgIpc) is 1.94. The van der Waals surface area contributed by atoms with Gasteiger partial charge in [-0.25, -0.2) is 0 Å². The molecule has 0 aliphatic carbocycles. The third-order valence-corrected chi connectivity index (χ3v) is 1.66. The predicted octanol–water partition coefficient (Wildman–Crippen LogP) is 0.659. The van der Waals surface area contributed by atoms with Gasteiger partial charge in [0.1, 0.15) is 0 Å². The second-order valence-electron chi connectivity index (χ2n) is 1.29. The SMILES string of the molecule is CI.[SnH][c]1cccnc1. The van der Waals surface area contributed by atoms with Crippen molar-refractivity contribution in [3.8, 4) is 0 Å². The van der Waals surface area contributed by atoms with Gasteiger partial charge in [-0.3, -0.25) is 0 Å². The molecule has 1 rings (SSSR count). The van der Waals surface area contributed by atoms with Crippen molar-refractivity contribution in [3.63, 3.8) is 0 Å². The standard InChI is InChI=1S/C5H4N.CH3I.Sn.H/c1-2-4-6-5-3-1;1-2;;/h1-2,4-5H;1H3;;. The van der Waals surface area contributed by atoms with E-state index in [1.54, 1.807) is 6.20 Å². The summed E-state index contributed by atoms with van der Waals surface area (Å²) in [4.78, 5) is 5.89. The number of hydrogen-bond donors (Lipinski definition) is 0. The third-order valence-electron chi connectivity index (χ3n) is 0.684. The Morgan fingerprint density at radius 3 is 2.44 bits per heavy atom. The van der Waals surface area contributed by atoms with Gasteiger partial charge in [0.2, 0.25) is 0 Å². The van der Waals surface area contributed by atoms with Crippen LogP contribution in [0.5, 0.6) is 0 Å². The summed E-state index contributed by atoms with van der Waals surface area (Å²) in [6.45, 7) is 0. The molecule has 9 heavy (non-hydrogen) atoms. The molecule has 0 saturated heterocycles. The van der Waals surface area contributed by atoms with Crippen LogP contribution in [-0.4, -0.2) is 32.4 Å². The van der Waals surface area contributed by atoms with E-state index in [0.717, 1.165) is 0 Å². The maximum atomic E-state index is 3.92. The molecule has 1 aromatic rings. The molecule has 0 spiro atoms. The molecule has 2 radical (unpaired) electrons. The van der Waals surface area contributed by atoms with Crippen molar-refractivity contribution in [1.29, 1.82) is 0 Å². The monoisotopic (exact) mass is 341 g/mol. The normalized spacial score (nSPS) is 7.44. The predicted molar refractivity (Wildman–Crippen MR) is 51.0 cm³/mol. The molecular formula is C6H8INSn. The number of aromatic nitrogens is 1. The molecule has 0 saturated carbocycles. The summed E-state index contributed by atoms with van der Waals surface area (Å²) in [7, 11) is 0. The van der Waals surface area contributed by atoms with E-state index in [1.165, 1.54) is 26.1 Å². The van der Waals surface area contributed by atoms with Gasteiger partial charge in [0.15, 0.2) is 0 Å². The van der Waals surface area contributed by atoms with Gasteiger partial charge in [-0.05, 0) is 4.93 Å². The molecule has 1 heterocycles. The van der Waals surface area contributed by atoms with Gasteiger partial charge < -0.3 is 0 Å². The second kappa shape index (κ2) is 6.79. The number of alkyl halides is 1. The molecule has 1 nitrogen and oxygen atoms in total. The van der Waals surface area contributed by atoms with Crippen molar-refractivity contribution < 1.29 is 0 Å². The Morgan fingerprint density at radius 1 is 1.56 bits per heavy atom. The van der Waals surface area contributed by atoms with Crippen molar-refractivity contribution in [1.82, 2.24) is 4.98 Å².